The fourth-order valence-corrected chi connectivity index (χ4v) is 6.45. The second-order valence-electron chi connectivity index (χ2n) is 10.7. The van der Waals surface area contributed by atoms with Gasteiger partial charge in [0.05, 0.1) is 47.5 Å². The number of nitrogens with zero attached hydrogens (tertiary/aromatic N) is 5. The molecule has 0 spiro atoms. The summed E-state index contributed by atoms with van der Waals surface area (Å²) in [5.74, 6) is 0. The number of benzene rings is 6. The number of hydrogen-bond acceptors (Lipinski definition) is 0. The first-order valence-electron chi connectivity index (χ1n) is 14.1. The first kappa shape index (κ1) is 25.1. The zero-order valence-corrected chi connectivity index (χ0v) is 23.4. The van der Waals surface area contributed by atoms with Crippen molar-refractivity contribution in [3.63, 3.8) is 0 Å². The molecule has 44 heavy (non-hydrogen) atoms. The Morgan fingerprint density at radius 1 is 0.455 bits per heavy atom. The average Bonchev–Trinajstić information content (AvgIpc) is 3.60. The number of rotatable bonds is 3. The van der Waals surface area contributed by atoms with E-state index in [1.54, 1.807) is 0 Å². The van der Waals surface area contributed by atoms with Gasteiger partial charge in [0.2, 0.25) is 5.69 Å². The van der Waals surface area contributed by atoms with Crippen LogP contribution in [0.25, 0.3) is 80.6 Å². The average molecular weight is 560 g/mol. The van der Waals surface area contributed by atoms with Crippen LogP contribution >= 0.6 is 0 Å². The predicted octanol–water partition coefficient (Wildman–Crippen LogP) is 11.2. The summed E-state index contributed by atoms with van der Waals surface area (Å²) in [5.41, 5.74) is 9.77. The van der Waals surface area contributed by atoms with Crippen molar-refractivity contribution in [2.45, 2.75) is 0 Å². The Kier molecular flexibility index (Phi) is 5.56. The van der Waals surface area contributed by atoms with E-state index in [9.17, 15) is 0 Å². The van der Waals surface area contributed by atoms with E-state index in [0.29, 0.717) is 17.1 Å². The molecule has 0 aliphatic heterocycles. The lowest BCUT2D eigenvalue weighted by atomic mass is 10.00. The maximum absolute atomic E-state index is 7.87. The van der Waals surface area contributed by atoms with E-state index in [2.05, 4.69) is 84.3 Å². The van der Waals surface area contributed by atoms with Crippen molar-refractivity contribution in [1.82, 2.24) is 9.13 Å². The molecule has 8 aromatic rings. The lowest BCUT2D eigenvalue weighted by Crippen LogP contribution is -1.96. The fraction of sp³-hybridized carbons (Fsp3) is 0. The minimum Gasteiger partial charge on any atom is -0.319 e. The van der Waals surface area contributed by atoms with Crippen LogP contribution in [0.15, 0.2) is 127 Å². The van der Waals surface area contributed by atoms with Crippen LogP contribution in [0.4, 0.5) is 17.1 Å². The molecule has 2 heterocycles. The lowest BCUT2D eigenvalue weighted by Gasteiger charge is -2.13. The third-order valence-electron chi connectivity index (χ3n) is 8.36. The summed E-state index contributed by atoms with van der Waals surface area (Å²) in [6.07, 6.45) is 0. The maximum Gasteiger partial charge on any atom is 0.210 e. The van der Waals surface area contributed by atoms with Gasteiger partial charge in [0.15, 0.2) is 11.4 Å². The Morgan fingerprint density at radius 3 is 1.98 bits per heavy atom. The molecule has 0 radical (unpaired) electrons. The van der Waals surface area contributed by atoms with E-state index < -0.39 is 0 Å². The van der Waals surface area contributed by atoms with Crippen LogP contribution in [-0.4, -0.2) is 9.13 Å². The van der Waals surface area contributed by atoms with Crippen LogP contribution in [0, 0.1) is 19.7 Å². The molecule has 0 N–H and O–H groups in total. The Labute approximate surface area is 253 Å². The minimum atomic E-state index is 0.566. The molecule has 5 nitrogen and oxygen atoms in total. The zero-order chi connectivity index (χ0) is 29.8. The molecular weight excluding hydrogens is 538 g/mol. The summed E-state index contributed by atoms with van der Waals surface area (Å²) in [4.78, 5) is 11.1. The summed E-state index contributed by atoms with van der Waals surface area (Å²) in [7, 11) is 0. The molecule has 5 heteroatoms. The molecule has 0 atom stereocenters. The van der Waals surface area contributed by atoms with Gasteiger partial charge in [0.1, 0.15) is 0 Å². The molecular formula is C39H21N5. The normalized spacial score (nSPS) is 11.1. The van der Waals surface area contributed by atoms with Gasteiger partial charge in [-0.1, -0.05) is 84.9 Å². The van der Waals surface area contributed by atoms with Crippen LogP contribution in [0.2, 0.25) is 0 Å². The second-order valence-corrected chi connectivity index (χ2v) is 10.7. The first-order chi connectivity index (χ1) is 21.7. The molecule has 0 fully saturated rings. The largest absolute Gasteiger partial charge is 0.319 e. The highest BCUT2D eigenvalue weighted by atomic mass is 15.0. The second kappa shape index (κ2) is 9.74. The summed E-state index contributed by atoms with van der Waals surface area (Å²) in [6, 6.07) is 42.5. The maximum atomic E-state index is 7.87. The van der Waals surface area contributed by atoms with Gasteiger partial charge in [-0.3, -0.25) is 0 Å². The quantitative estimate of drug-likeness (QED) is 0.192. The monoisotopic (exact) mass is 559 g/mol. The van der Waals surface area contributed by atoms with Crippen molar-refractivity contribution >= 4 is 60.7 Å². The van der Waals surface area contributed by atoms with Gasteiger partial charge >= 0.3 is 0 Å². The fourth-order valence-electron chi connectivity index (χ4n) is 6.45. The molecule has 8 rings (SSSR count). The van der Waals surface area contributed by atoms with Crippen LogP contribution in [0.5, 0.6) is 0 Å². The summed E-state index contributed by atoms with van der Waals surface area (Å²) in [5, 5.41) is 4.31. The van der Waals surface area contributed by atoms with E-state index in [1.807, 2.05) is 66.7 Å². The van der Waals surface area contributed by atoms with Gasteiger partial charge in [0, 0.05) is 27.4 Å². The first-order valence-corrected chi connectivity index (χ1v) is 14.1. The number of para-hydroxylation sites is 4. The molecule has 202 valence electrons. The van der Waals surface area contributed by atoms with Crippen LogP contribution in [0.1, 0.15) is 0 Å². The van der Waals surface area contributed by atoms with Crippen molar-refractivity contribution < 1.29 is 0 Å². The Balaban J connectivity index is 1.47. The summed E-state index contributed by atoms with van der Waals surface area (Å²) >= 11 is 0. The molecule has 2 aromatic heterocycles. The highest BCUT2D eigenvalue weighted by Gasteiger charge is 2.19. The summed E-state index contributed by atoms with van der Waals surface area (Å²) < 4.78 is 4.43. The molecule has 0 aliphatic carbocycles. The zero-order valence-electron chi connectivity index (χ0n) is 23.4. The smallest absolute Gasteiger partial charge is 0.210 e. The van der Waals surface area contributed by atoms with Crippen molar-refractivity contribution in [3.8, 4) is 22.5 Å². The third-order valence-corrected chi connectivity index (χ3v) is 8.36. The van der Waals surface area contributed by atoms with Crippen molar-refractivity contribution in [1.29, 1.82) is 0 Å². The van der Waals surface area contributed by atoms with Gasteiger partial charge in [-0.2, -0.15) is 0 Å². The molecule has 0 amide bonds. The number of hydrogen-bond donors (Lipinski definition) is 0. The topological polar surface area (TPSA) is 22.9 Å². The van der Waals surface area contributed by atoms with Crippen molar-refractivity contribution in [2.24, 2.45) is 0 Å². The number of fused-ring (bicyclic) bond motifs is 6. The lowest BCUT2D eigenvalue weighted by molar-refractivity contribution is 1.18. The SMILES string of the molecule is [C-]#[N+]c1ccc(-n2c3ccccc3c3cccc(-c4ccc5c6cc([N+]#[C-])ccc6n(-c6ccccc6[N+]#[C-])c5c4)c32)cc1. The van der Waals surface area contributed by atoms with Crippen molar-refractivity contribution in [3.05, 3.63) is 162 Å². The standard InChI is InChI=1S/C39H21N5/c1-40-26-16-19-28(20-17-26)43-35-13-6-4-9-30(35)32-11-8-10-29(39(32)43)25-15-21-31-33-24-27(41-2)18-22-36(33)44(38(31)23-25)37-14-7-5-12-34(37)42-3/h4-24H. The van der Waals surface area contributed by atoms with Crippen LogP contribution < -0.4 is 0 Å². The minimum absolute atomic E-state index is 0.566. The Hall–Kier alpha value is -6.61. The Morgan fingerprint density at radius 2 is 1.16 bits per heavy atom. The highest BCUT2D eigenvalue weighted by Crippen LogP contribution is 2.42. The molecule has 0 saturated carbocycles. The molecule has 0 unspecified atom stereocenters. The van der Waals surface area contributed by atoms with Gasteiger partial charge in [-0.05, 0) is 53.4 Å². The van der Waals surface area contributed by atoms with Gasteiger partial charge < -0.3 is 9.13 Å². The summed E-state index contributed by atoms with van der Waals surface area (Å²) in [6.45, 7) is 22.9. The molecule has 0 saturated heterocycles. The van der Waals surface area contributed by atoms with E-state index in [4.69, 9.17) is 19.7 Å². The van der Waals surface area contributed by atoms with Gasteiger partial charge in [0.25, 0.3) is 0 Å². The van der Waals surface area contributed by atoms with Gasteiger partial charge in [-0.25, -0.2) is 14.5 Å². The third kappa shape index (κ3) is 3.63. The van der Waals surface area contributed by atoms with Crippen LogP contribution in [-0.2, 0) is 0 Å². The molecule has 0 aliphatic rings. The van der Waals surface area contributed by atoms with E-state index in [1.165, 1.54) is 0 Å². The van der Waals surface area contributed by atoms with E-state index in [-0.39, 0.29) is 0 Å². The molecule has 0 bridgehead atoms. The van der Waals surface area contributed by atoms with Crippen LogP contribution in [0.3, 0.4) is 0 Å². The Bertz CT molecular complexity index is 2580. The predicted molar refractivity (Wildman–Crippen MR) is 179 cm³/mol. The van der Waals surface area contributed by atoms with Crippen molar-refractivity contribution in [2.75, 3.05) is 0 Å². The van der Waals surface area contributed by atoms with E-state index in [0.717, 1.165) is 66.1 Å². The van der Waals surface area contributed by atoms with E-state index >= 15 is 0 Å². The highest BCUT2D eigenvalue weighted by molar-refractivity contribution is 6.15. The molecule has 6 aromatic carbocycles. The van der Waals surface area contributed by atoms with Gasteiger partial charge in [-0.15, -0.1) is 0 Å². The number of aromatic nitrogens is 2.